The van der Waals surface area contributed by atoms with Gasteiger partial charge in [0.1, 0.15) is 6.54 Å². The van der Waals surface area contributed by atoms with Gasteiger partial charge >= 0.3 is 0 Å². The van der Waals surface area contributed by atoms with Crippen molar-refractivity contribution in [2.45, 2.75) is 44.6 Å². The summed E-state index contributed by atoms with van der Waals surface area (Å²) in [5.74, 6) is 0.217. The second-order valence-electron chi connectivity index (χ2n) is 6.60. The van der Waals surface area contributed by atoms with Crippen LogP contribution < -0.4 is 10.2 Å². The Morgan fingerprint density at radius 1 is 1.26 bits per heavy atom. The van der Waals surface area contributed by atoms with E-state index in [0.717, 1.165) is 43.4 Å². The molecule has 2 N–H and O–H groups in total. The van der Waals surface area contributed by atoms with Crippen LogP contribution in [0.4, 0.5) is 5.69 Å². The van der Waals surface area contributed by atoms with Gasteiger partial charge in [-0.1, -0.05) is 24.6 Å². The number of aryl methyl sites for hydroxylation is 1. The SMILES string of the molecule is O=C(CN1C(=O)CCc2ccccc21)NCC1CCCC(O)C1. The second kappa shape index (κ2) is 7.13. The van der Waals surface area contributed by atoms with Gasteiger partial charge in [0, 0.05) is 18.7 Å². The molecule has 0 saturated heterocycles. The number of aliphatic hydroxyl groups is 1. The number of hydrogen-bond acceptors (Lipinski definition) is 3. The molecule has 1 heterocycles. The average Bonchev–Trinajstić information content (AvgIpc) is 2.56. The molecular formula is C18H24N2O3. The Hall–Kier alpha value is -1.88. The molecule has 1 aliphatic carbocycles. The number of fused-ring (bicyclic) bond motifs is 1. The van der Waals surface area contributed by atoms with E-state index in [-0.39, 0.29) is 24.5 Å². The first-order chi connectivity index (χ1) is 11.1. The molecule has 5 nitrogen and oxygen atoms in total. The van der Waals surface area contributed by atoms with Crippen molar-refractivity contribution in [3.63, 3.8) is 0 Å². The van der Waals surface area contributed by atoms with Crippen LogP contribution in [0.2, 0.25) is 0 Å². The van der Waals surface area contributed by atoms with Crippen molar-refractivity contribution in [2.24, 2.45) is 5.92 Å². The summed E-state index contributed by atoms with van der Waals surface area (Å²) in [6, 6.07) is 7.76. The fourth-order valence-electron chi connectivity index (χ4n) is 3.58. The molecule has 3 rings (SSSR count). The Bertz CT molecular complexity index is 587. The van der Waals surface area contributed by atoms with Gasteiger partial charge in [0.25, 0.3) is 0 Å². The summed E-state index contributed by atoms with van der Waals surface area (Å²) < 4.78 is 0. The van der Waals surface area contributed by atoms with Crippen LogP contribution in [0.5, 0.6) is 0 Å². The van der Waals surface area contributed by atoms with Gasteiger partial charge in [0.05, 0.1) is 6.10 Å². The van der Waals surface area contributed by atoms with Crippen molar-refractivity contribution in [1.82, 2.24) is 5.32 Å². The fourth-order valence-corrected chi connectivity index (χ4v) is 3.58. The van der Waals surface area contributed by atoms with Crippen LogP contribution in [-0.4, -0.2) is 36.1 Å². The van der Waals surface area contributed by atoms with E-state index >= 15 is 0 Å². The lowest BCUT2D eigenvalue weighted by Crippen LogP contribution is -2.44. The maximum atomic E-state index is 12.2. The van der Waals surface area contributed by atoms with Crippen molar-refractivity contribution in [3.8, 4) is 0 Å². The number of carbonyl (C=O) groups excluding carboxylic acids is 2. The molecule has 1 aromatic rings. The molecule has 124 valence electrons. The van der Waals surface area contributed by atoms with E-state index in [1.54, 1.807) is 4.90 Å². The van der Waals surface area contributed by atoms with Crippen LogP contribution in [0.25, 0.3) is 0 Å². The van der Waals surface area contributed by atoms with E-state index in [0.29, 0.717) is 18.9 Å². The zero-order chi connectivity index (χ0) is 16.2. The predicted molar refractivity (Wildman–Crippen MR) is 88.1 cm³/mol. The molecule has 1 fully saturated rings. The van der Waals surface area contributed by atoms with Gasteiger partial charge in [0.15, 0.2) is 0 Å². The zero-order valence-corrected chi connectivity index (χ0v) is 13.3. The van der Waals surface area contributed by atoms with Crippen molar-refractivity contribution in [2.75, 3.05) is 18.0 Å². The number of carbonyl (C=O) groups is 2. The van der Waals surface area contributed by atoms with Crippen LogP contribution in [0.1, 0.15) is 37.7 Å². The van der Waals surface area contributed by atoms with Gasteiger partial charge in [-0.15, -0.1) is 0 Å². The van der Waals surface area contributed by atoms with E-state index in [1.165, 1.54) is 0 Å². The summed E-state index contributed by atoms with van der Waals surface area (Å²) in [6.07, 6.45) is 4.64. The van der Waals surface area contributed by atoms with E-state index in [9.17, 15) is 14.7 Å². The number of hydrogen-bond donors (Lipinski definition) is 2. The Balaban J connectivity index is 1.56. The van der Waals surface area contributed by atoms with Crippen LogP contribution in [0.15, 0.2) is 24.3 Å². The molecule has 0 aromatic heterocycles. The largest absolute Gasteiger partial charge is 0.393 e. The monoisotopic (exact) mass is 316 g/mol. The molecule has 2 atom stereocenters. The molecule has 0 bridgehead atoms. The van der Waals surface area contributed by atoms with E-state index < -0.39 is 0 Å². The van der Waals surface area contributed by atoms with Crippen LogP contribution in [0, 0.1) is 5.92 Å². The highest BCUT2D eigenvalue weighted by atomic mass is 16.3. The molecule has 0 radical (unpaired) electrons. The maximum absolute atomic E-state index is 12.2. The minimum absolute atomic E-state index is 0.00642. The summed E-state index contributed by atoms with van der Waals surface area (Å²) in [5, 5.41) is 12.6. The molecular weight excluding hydrogens is 292 g/mol. The number of anilines is 1. The first-order valence-corrected chi connectivity index (χ1v) is 8.46. The number of nitrogens with zero attached hydrogens (tertiary/aromatic N) is 1. The van der Waals surface area contributed by atoms with Crippen molar-refractivity contribution < 1.29 is 14.7 Å². The third kappa shape index (κ3) is 3.91. The van der Waals surface area contributed by atoms with E-state index in [2.05, 4.69) is 5.32 Å². The lowest BCUT2D eigenvalue weighted by atomic mass is 9.87. The van der Waals surface area contributed by atoms with Gasteiger partial charge in [-0.3, -0.25) is 9.59 Å². The maximum Gasteiger partial charge on any atom is 0.240 e. The number of rotatable bonds is 4. The highest BCUT2D eigenvalue weighted by Gasteiger charge is 2.26. The molecule has 2 aliphatic rings. The minimum atomic E-state index is -0.235. The van der Waals surface area contributed by atoms with Crippen LogP contribution >= 0.6 is 0 Å². The topological polar surface area (TPSA) is 69.6 Å². The van der Waals surface area contributed by atoms with E-state index in [4.69, 9.17) is 0 Å². The zero-order valence-electron chi connectivity index (χ0n) is 13.3. The second-order valence-corrected chi connectivity index (χ2v) is 6.60. The Labute approximate surface area is 136 Å². The lowest BCUT2D eigenvalue weighted by Gasteiger charge is -2.29. The highest BCUT2D eigenvalue weighted by molar-refractivity contribution is 6.00. The van der Waals surface area contributed by atoms with Crippen LogP contribution in [-0.2, 0) is 16.0 Å². The summed E-state index contributed by atoms with van der Waals surface area (Å²) in [6.45, 7) is 0.657. The molecule has 5 heteroatoms. The number of nitrogens with one attached hydrogen (secondary N) is 1. The summed E-state index contributed by atoms with van der Waals surface area (Å²) >= 11 is 0. The predicted octanol–water partition coefficient (Wildman–Crippen LogP) is 1.63. The van der Waals surface area contributed by atoms with Gasteiger partial charge in [0.2, 0.25) is 11.8 Å². The Kier molecular flexibility index (Phi) is 4.96. The third-order valence-electron chi connectivity index (χ3n) is 4.84. The van der Waals surface area contributed by atoms with Crippen molar-refractivity contribution in [3.05, 3.63) is 29.8 Å². The number of aliphatic hydroxyl groups excluding tert-OH is 1. The van der Waals surface area contributed by atoms with Crippen LogP contribution in [0.3, 0.4) is 0 Å². The minimum Gasteiger partial charge on any atom is -0.393 e. The normalized spacial score (nSPS) is 24.2. The van der Waals surface area contributed by atoms with E-state index in [1.807, 2.05) is 24.3 Å². The van der Waals surface area contributed by atoms with Crippen molar-refractivity contribution >= 4 is 17.5 Å². The molecule has 23 heavy (non-hydrogen) atoms. The van der Waals surface area contributed by atoms with Gasteiger partial charge in [-0.05, 0) is 43.2 Å². The lowest BCUT2D eigenvalue weighted by molar-refractivity contribution is -0.124. The molecule has 1 saturated carbocycles. The van der Waals surface area contributed by atoms with Gasteiger partial charge in [-0.2, -0.15) is 0 Å². The number of benzene rings is 1. The molecule has 0 spiro atoms. The first-order valence-electron chi connectivity index (χ1n) is 8.46. The third-order valence-corrected chi connectivity index (χ3v) is 4.84. The average molecular weight is 316 g/mol. The van der Waals surface area contributed by atoms with Crippen molar-refractivity contribution in [1.29, 1.82) is 0 Å². The standard InChI is InChI=1S/C18H24N2O3/c21-15-6-3-4-13(10-15)11-19-17(22)12-20-16-7-2-1-5-14(16)8-9-18(20)23/h1-2,5,7,13,15,21H,3-4,6,8-12H2,(H,19,22). The van der Waals surface area contributed by atoms with Gasteiger partial charge in [-0.25, -0.2) is 0 Å². The molecule has 1 aliphatic heterocycles. The Morgan fingerprint density at radius 2 is 2.09 bits per heavy atom. The molecule has 1 aromatic carbocycles. The molecule has 2 amide bonds. The first kappa shape index (κ1) is 16.0. The fraction of sp³-hybridized carbons (Fsp3) is 0.556. The number of amides is 2. The molecule has 2 unspecified atom stereocenters. The quantitative estimate of drug-likeness (QED) is 0.887. The summed E-state index contributed by atoms with van der Waals surface area (Å²) in [5.41, 5.74) is 1.97. The summed E-state index contributed by atoms with van der Waals surface area (Å²) in [4.78, 5) is 26.0. The summed E-state index contributed by atoms with van der Waals surface area (Å²) in [7, 11) is 0. The Morgan fingerprint density at radius 3 is 2.91 bits per heavy atom. The van der Waals surface area contributed by atoms with Gasteiger partial charge < -0.3 is 15.3 Å². The number of para-hydroxylation sites is 1. The smallest absolute Gasteiger partial charge is 0.240 e. The highest BCUT2D eigenvalue weighted by Crippen LogP contribution is 2.27.